The maximum Gasteiger partial charge on any atom is 0.338 e. The Morgan fingerprint density at radius 1 is 1.11 bits per heavy atom. The largest absolute Gasteiger partial charge is 0.462 e. The van der Waals surface area contributed by atoms with Crippen LogP contribution in [0.2, 0.25) is 10.0 Å². The Morgan fingerprint density at radius 3 is 2.26 bits per heavy atom. The molecule has 1 heterocycles. The lowest BCUT2D eigenvalue weighted by molar-refractivity contribution is -0.135. The van der Waals surface area contributed by atoms with E-state index in [9.17, 15) is 9.59 Å². The Hall–Kier alpha value is -2.08. The molecule has 7 heteroatoms. The third-order valence-corrected chi connectivity index (χ3v) is 6.69. The standard InChI is InChI=1S/C28H36Cl2N2O3/c1-7-14-35-26(34)19-10-8-18(9-11-19)23(12-13-27(2,3)4)32-25(33)24(31-28(32,5)6)20-15-21(29)17-22(30)16-20/h8-11,15-17,23-24,31H,7,12-14H2,1-6H3/t23-,24?/m1/s1. The van der Waals surface area contributed by atoms with Crippen molar-refractivity contribution in [2.75, 3.05) is 6.61 Å². The zero-order chi connectivity index (χ0) is 26.0. The summed E-state index contributed by atoms with van der Waals surface area (Å²) in [5.74, 6) is -0.361. The van der Waals surface area contributed by atoms with Crippen molar-refractivity contribution in [3.8, 4) is 0 Å². The van der Waals surface area contributed by atoms with Crippen molar-refractivity contribution >= 4 is 35.1 Å². The van der Waals surface area contributed by atoms with Crippen molar-refractivity contribution in [1.82, 2.24) is 10.2 Å². The lowest BCUT2D eigenvalue weighted by Crippen LogP contribution is -2.48. The molecule has 1 fully saturated rings. The fraction of sp³-hybridized carbons (Fsp3) is 0.500. The molecule has 1 amide bonds. The summed E-state index contributed by atoms with van der Waals surface area (Å²) in [6.07, 6.45) is 2.48. The van der Waals surface area contributed by atoms with Crippen LogP contribution >= 0.6 is 23.2 Å². The topological polar surface area (TPSA) is 58.6 Å². The highest BCUT2D eigenvalue weighted by Gasteiger charge is 2.48. The van der Waals surface area contributed by atoms with Crippen LogP contribution in [-0.2, 0) is 9.53 Å². The average Bonchev–Trinajstić information content (AvgIpc) is 3.00. The van der Waals surface area contributed by atoms with Gasteiger partial charge in [0.1, 0.15) is 6.04 Å². The first-order chi connectivity index (χ1) is 16.3. The van der Waals surface area contributed by atoms with Gasteiger partial charge >= 0.3 is 5.97 Å². The van der Waals surface area contributed by atoms with Crippen LogP contribution in [0.15, 0.2) is 42.5 Å². The van der Waals surface area contributed by atoms with Gasteiger partial charge in [-0.3, -0.25) is 10.1 Å². The van der Waals surface area contributed by atoms with Gasteiger partial charge in [-0.05, 0) is 80.0 Å². The Labute approximate surface area is 219 Å². The molecule has 190 valence electrons. The molecule has 1 saturated heterocycles. The van der Waals surface area contributed by atoms with E-state index in [1.165, 1.54) is 0 Å². The second-order valence-electron chi connectivity index (χ2n) is 10.9. The summed E-state index contributed by atoms with van der Waals surface area (Å²) in [4.78, 5) is 28.1. The van der Waals surface area contributed by atoms with Gasteiger partial charge in [-0.2, -0.15) is 0 Å². The van der Waals surface area contributed by atoms with E-state index in [1.807, 2.05) is 37.8 Å². The van der Waals surface area contributed by atoms with Gasteiger partial charge in [0.15, 0.2) is 0 Å². The molecule has 2 aromatic carbocycles. The van der Waals surface area contributed by atoms with Crippen LogP contribution in [0.5, 0.6) is 0 Å². The molecule has 0 spiro atoms. The molecule has 1 unspecified atom stereocenters. The number of rotatable bonds is 8. The second kappa shape index (κ2) is 10.9. The predicted octanol–water partition coefficient (Wildman–Crippen LogP) is 7.34. The van der Waals surface area contributed by atoms with Gasteiger partial charge < -0.3 is 9.64 Å². The summed E-state index contributed by atoms with van der Waals surface area (Å²) in [7, 11) is 0. The summed E-state index contributed by atoms with van der Waals surface area (Å²) in [5, 5.41) is 4.47. The number of amides is 1. The van der Waals surface area contributed by atoms with Gasteiger partial charge in [-0.1, -0.05) is 63.0 Å². The van der Waals surface area contributed by atoms with E-state index in [4.69, 9.17) is 27.9 Å². The summed E-state index contributed by atoms with van der Waals surface area (Å²) >= 11 is 12.5. The average molecular weight is 520 g/mol. The number of carbonyl (C=O) groups excluding carboxylic acids is 2. The van der Waals surface area contributed by atoms with E-state index in [1.54, 1.807) is 30.3 Å². The Balaban J connectivity index is 1.96. The molecular formula is C28H36Cl2N2O3. The highest BCUT2D eigenvalue weighted by molar-refractivity contribution is 6.34. The van der Waals surface area contributed by atoms with Crippen molar-refractivity contribution in [2.45, 2.75) is 78.6 Å². The highest BCUT2D eigenvalue weighted by Crippen LogP contribution is 2.41. The predicted molar refractivity (Wildman–Crippen MR) is 142 cm³/mol. The molecule has 5 nitrogen and oxygen atoms in total. The molecule has 0 aliphatic carbocycles. The molecule has 1 N–H and O–H groups in total. The third-order valence-electron chi connectivity index (χ3n) is 6.25. The first-order valence-corrected chi connectivity index (χ1v) is 12.9. The van der Waals surface area contributed by atoms with Crippen LogP contribution in [0.4, 0.5) is 0 Å². The summed E-state index contributed by atoms with van der Waals surface area (Å²) in [6, 6.07) is 11.9. The van der Waals surface area contributed by atoms with Crippen molar-refractivity contribution in [2.24, 2.45) is 5.41 Å². The van der Waals surface area contributed by atoms with Crippen LogP contribution in [-0.4, -0.2) is 29.0 Å². The second-order valence-corrected chi connectivity index (χ2v) is 11.8. The Bertz CT molecular complexity index is 1040. The third kappa shape index (κ3) is 6.78. The first-order valence-electron chi connectivity index (χ1n) is 12.2. The molecular weight excluding hydrogens is 483 g/mol. The van der Waals surface area contributed by atoms with Crippen molar-refractivity contribution < 1.29 is 14.3 Å². The normalized spacial score (nSPS) is 18.6. The van der Waals surface area contributed by atoms with Gasteiger partial charge in [0.25, 0.3) is 0 Å². The number of hydrogen-bond acceptors (Lipinski definition) is 4. The highest BCUT2D eigenvalue weighted by atomic mass is 35.5. The lowest BCUT2D eigenvalue weighted by Gasteiger charge is -2.39. The van der Waals surface area contributed by atoms with Crippen LogP contribution in [0.25, 0.3) is 0 Å². The SMILES string of the molecule is CCCOC(=O)c1ccc([C@@H](CCC(C)(C)C)N2C(=O)C(c3cc(Cl)cc(Cl)c3)NC2(C)C)cc1. The lowest BCUT2D eigenvalue weighted by atomic mass is 9.86. The number of carbonyl (C=O) groups is 2. The van der Waals surface area contributed by atoms with Gasteiger partial charge in [-0.15, -0.1) is 0 Å². The van der Waals surface area contributed by atoms with E-state index < -0.39 is 11.7 Å². The molecule has 2 aromatic rings. The van der Waals surface area contributed by atoms with Gasteiger partial charge in [0, 0.05) is 10.0 Å². The van der Waals surface area contributed by atoms with Gasteiger partial charge in [0.2, 0.25) is 5.91 Å². The number of hydrogen-bond donors (Lipinski definition) is 1. The summed E-state index contributed by atoms with van der Waals surface area (Å²) in [6.45, 7) is 13.0. The van der Waals surface area contributed by atoms with Crippen LogP contribution in [0.3, 0.4) is 0 Å². The maximum absolute atomic E-state index is 13.9. The molecule has 1 aliphatic rings. The van der Waals surface area contributed by atoms with Crippen LogP contribution < -0.4 is 5.32 Å². The summed E-state index contributed by atoms with van der Waals surface area (Å²) in [5.41, 5.74) is 1.72. The zero-order valence-electron chi connectivity index (χ0n) is 21.5. The number of benzene rings is 2. The Kier molecular flexibility index (Phi) is 8.56. The van der Waals surface area contributed by atoms with Gasteiger partial charge in [-0.25, -0.2) is 4.79 Å². The van der Waals surface area contributed by atoms with Crippen LogP contribution in [0, 0.1) is 5.41 Å². The fourth-order valence-electron chi connectivity index (χ4n) is 4.54. The monoisotopic (exact) mass is 518 g/mol. The van der Waals surface area contributed by atoms with Crippen molar-refractivity contribution in [3.63, 3.8) is 0 Å². The first kappa shape index (κ1) is 27.5. The number of esters is 1. The zero-order valence-corrected chi connectivity index (χ0v) is 23.0. The minimum absolute atomic E-state index is 0.0290. The molecule has 0 bridgehead atoms. The number of ether oxygens (including phenoxy) is 1. The van der Waals surface area contributed by atoms with E-state index in [2.05, 4.69) is 26.1 Å². The molecule has 1 aliphatic heterocycles. The maximum atomic E-state index is 13.9. The van der Waals surface area contributed by atoms with Gasteiger partial charge in [0.05, 0.1) is 23.9 Å². The number of nitrogens with one attached hydrogen (secondary N) is 1. The minimum atomic E-state index is -0.613. The molecule has 0 saturated carbocycles. The minimum Gasteiger partial charge on any atom is -0.462 e. The summed E-state index contributed by atoms with van der Waals surface area (Å²) < 4.78 is 5.27. The van der Waals surface area contributed by atoms with E-state index in [0.717, 1.165) is 30.4 Å². The molecule has 0 aromatic heterocycles. The molecule has 0 radical (unpaired) electrons. The van der Waals surface area contributed by atoms with Crippen LogP contribution in [0.1, 0.15) is 94.4 Å². The number of nitrogens with zero attached hydrogens (tertiary/aromatic N) is 1. The fourth-order valence-corrected chi connectivity index (χ4v) is 5.09. The van der Waals surface area contributed by atoms with Crippen molar-refractivity contribution in [1.29, 1.82) is 0 Å². The van der Waals surface area contributed by atoms with E-state index >= 15 is 0 Å². The molecule has 3 rings (SSSR count). The van der Waals surface area contributed by atoms with Crippen molar-refractivity contribution in [3.05, 3.63) is 69.2 Å². The smallest absolute Gasteiger partial charge is 0.338 e. The Morgan fingerprint density at radius 2 is 1.71 bits per heavy atom. The van der Waals surface area contributed by atoms with E-state index in [0.29, 0.717) is 22.2 Å². The molecule has 2 atom stereocenters. The quantitative estimate of drug-likeness (QED) is 0.371. The number of halogens is 2. The van der Waals surface area contributed by atoms with E-state index in [-0.39, 0.29) is 23.3 Å². The molecule has 35 heavy (non-hydrogen) atoms.